The molecule has 0 unspecified atom stereocenters. The summed E-state index contributed by atoms with van der Waals surface area (Å²) < 4.78 is 2.31. The van der Waals surface area contributed by atoms with E-state index >= 15 is 0 Å². The number of thiazole rings is 1. The molecule has 0 fully saturated rings. The van der Waals surface area contributed by atoms with Gasteiger partial charge < -0.3 is 15.2 Å². The molecule has 5 nitrogen and oxygen atoms in total. The van der Waals surface area contributed by atoms with Crippen LogP contribution in [0, 0.1) is 0 Å². The molecule has 0 aliphatic rings. The van der Waals surface area contributed by atoms with Crippen LogP contribution in [0.3, 0.4) is 0 Å². The molecule has 0 radical (unpaired) electrons. The standard InChI is InChI=1S/C20H27N5S/c1-3-19-24-17(15-26-19)9-12-23-20(21-2)22-11-6-13-25-14-10-16-7-4-5-8-18(16)25/h4-5,7-8,10,14-15H,3,6,9,11-13H2,1-2H3,(H2,21,22,23). The molecule has 0 atom stereocenters. The van der Waals surface area contributed by atoms with Crippen LogP contribution in [0.5, 0.6) is 0 Å². The molecule has 0 saturated heterocycles. The van der Waals surface area contributed by atoms with Gasteiger partial charge in [0.25, 0.3) is 0 Å². The SMILES string of the molecule is CCc1nc(CCNC(=NC)NCCCn2ccc3ccccc32)cs1. The maximum Gasteiger partial charge on any atom is 0.190 e. The number of nitrogens with one attached hydrogen (secondary N) is 2. The van der Waals surface area contributed by atoms with Gasteiger partial charge in [0.2, 0.25) is 0 Å². The number of aryl methyl sites for hydroxylation is 2. The summed E-state index contributed by atoms with van der Waals surface area (Å²) in [5.41, 5.74) is 2.46. The number of guanidine groups is 1. The molecular weight excluding hydrogens is 342 g/mol. The van der Waals surface area contributed by atoms with Gasteiger partial charge in [0.05, 0.1) is 10.7 Å². The zero-order valence-electron chi connectivity index (χ0n) is 15.5. The molecule has 0 amide bonds. The van der Waals surface area contributed by atoms with Gasteiger partial charge in [-0.3, -0.25) is 4.99 Å². The van der Waals surface area contributed by atoms with E-state index in [0.29, 0.717) is 0 Å². The lowest BCUT2D eigenvalue weighted by Gasteiger charge is -2.12. The summed E-state index contributed by atoms with van der Waals surface area (Å²) in [5.74, 6) is 0.855. The summed E-state index contributed by atoms with van der Waals surface area (Å²) in [6.07, 6.45) is 5.14. The molecule has 3 rings (SSSR count). The third kappa shape index (κ3) is 4.85. The molecule has 0 spiro atoms. The highest BCUT2D eigenvalue weighted by Crippen LogP contribution is 2.15. The number of hydrogen-bond donors (Lipinski definition) is 2. The first-order valence-corrected chi connectivity index (χ1v) is 10.1. The van der Waals surface area contributed by atoms with E-state index in [1.165, 1.54) is 15.9 Å². The summed E-state index contributed by atoms with van der Waals surface area (Å²) in [6.45, 7) is 4.87. The van der Waals surface area contributed by atoms with Gasteiger partial charge in [-0.25, -0.2) is 4.98 Å². The van der Waals surface area contributed by atoms with Crippen LogP contribution in [-0.2, 0) is 19.4 Å². The van der Waals surface area contributed by atoms with Crippen LogP contribution in [0.4, 0.5) is 0 Å². The van der Waals surface area contributed by atoms with Crippen molar-refractivity contribution in [2.45, 2.75) is 32.7 Å². The van der Waals surface area contributed by atoms with Crippen molar-refractivity contribution in [2.24, 2.45) is 4.99 Å². The topological polar surface area (TPSA) is 54.2 Å². The lowest BCUT2D eigenvalue weighted by Crippen LogP contribution is -2.39. The number of para-hydroxylation sites is 1. The Morgan fingerprint density at radius 3 is 2.85 bits per heavy atom. The van der Waals surface area contributed by atoms with Crippen LogP contribution in [0.15, 0.2) is 46.9 Å². The van der Waals surface area contributed by atoms with Gasteiger partial charge in [-0.15, -0.1) is 11.3 Å². The molecule has 2 aromatic heterocycles. The molecular formula is C20H27N5S. The number of aliphatic imine (C=N–C) groups is 1. The third-order valence-electron chi connectivity index (χ3n) is 4.35. The van der Waals surface area contributed by atoms with Crippen LogP contribution in [-0.4, -0.2) is 35.6 Å². The Bertz CT molecular complexity index is 849. The van der Waals surface area contributed by atoms with E-state index in [0.717, 1.165) is 50.6 Å². The first kappa shape index (κ1) is 18.5. The summed E-state index contributed by atoms with van der Waals surface area (Å²) in [7, 11) is 1.81. The van der Waals surface area contributed by atoms with E-state index in [1.54, 1.807) is 11.3 Å². The fraction of sp³-hybridized carbons (Fsp3) is 0.400. The molecule has 2 N–H and O–H groups in total. The van der Waals surface area contributed by atoms with Crippen molar-refractivity contribution in [1.29, 1.82) is 0 Å². The van der Waals surface area contributed by atoms with Crippen molar-refractivity contribution in [2.75, 3.05) is 20.1 Å². The number of benzene rings is 1. The first-order valence-electron chi connectivity index (χ1n) is 9.22. The molecule has 26 heavy (non-hydrogen) atoms. The molecule has 0 aliphatic heterocycles. The van der Waals surface area contributed by atoms with Crippen molar-refractivity contribution >= 4 is 28.2 Å². The molecule has 6 heteroatoms. The smallest absolute Gasteiger partial charge is 0.190 e. The second-order valence-corrected chi connectivity index (χ2v) is 7.13. The minimum absolute atomic E-state index is 0.842. The lowest BCUT2D eigenvalue weighted by atomic mass is 10.2. The zero-order valence-corrected chi connectivity index (χ0v) is 16.4. The Hall–Kier alpha value is -2.34. The van der Waals surface area contributed by atoms with Crippen LogP contribution in [0.25, 0.3) is 10.9 Å². The summed E-state index contributed by atoms with van der Waals surface area (Å²) in [4.78, 5) is 8.89. The van der Waals surface area contributed by atoms with E-state index in [2.05, 4.69) is 74.0 Å². The number of rotatable bonds is 8. The largest absolute Gasteiger partial charge is 0.356 e. The Kier molecular flexibility index (Phi) is 6.66. The van der Waals surface area contributed by atoms with Gasteiger partial charge in [-0.05, 0) is 30.4 Å². The summed E-state index contributed by atoms with van der Waals surface area (Å²) in [5, 5.41) is 11.4. The van der Waals surface area contributed by atoms with Crippen molar-refractivity contribution < 1.29 is 0 Å². The highest BCUT2D eigenvalue weighted by molar-refractivity contribution is 7.09. The van der Waals surface area contributed by atoms with Crippen molar-refractivity contribution in [3.05, 3.63) is 52.6 Å². The van der Waals surface area contributed by atoms with E-state index in [4.69, 9.17) is 0 Å². The van der Waals surface area contributed by atoms with Gasteiger partial charge in [0.1, 0.15) is 0 Å². The quantitative estimate of drug-likeness (QED) is 0.363. The van der Waals surface area contributed by atoms with E-state index in [-0.39, 0.29) is 0 Å². The normalized spacial score (nSPS) is 11.8. The fourth-order valence-corrected chi connectivity index (χ4v) is 3.73. The Morgan fingerprint density at radius 2 is 2.04 bits per heavy atom. The van der Waals surface area contributed by atoms with Crippen LogP contribution in [0.1, 0.15) is 24.0 Å². The third-order valence-corrected chi connectivity index (χ3v) is 5.39. The molecule has 2 heterocycles. The average molecular weight is 370 g/mol. The second kappa shape index (κ2) is 9.38. The van der Waals surface area contributed by atoms with E-state index in [9.17, 15) is 0 Å². The van der Waals surface area contributed by atoms with Gasteiger partial charge in [-0.2, -0.15) is 0 Å². The van der Waals surface area contributed by atoms with Crippen LogP contribution >= 0.6 is 11.3 Å². The van der Waals surface area contributed by atoms with Gasteiger partial charge in [0, 0.05) is 50.2 Å². The van der Waals surface area contributed by atoms with E-state index in [1.807, 2.05) is 7.05 Å². The minimum Gasteiger partial charge on any atom is -0.356 e. The number of hydrogen-bond acceptors (Lipinski definition) is 3. The number of nitrogens with zero attached hydrogens (tertiary/aromatic N) is 3. The maximum absolute atomic E-state index is 4.60. The Morgan fingerprint density at radius 1 is 1.19 bits per heavy atom. The minimum atomic E-state index is 0.842. The molecule has 0 bridgehead atoms. The Balaban J connectivity index is 1.37. The first-order chi connectivity index (χ1) is 12.8. The predicted molar refractivity (Wildman–Crippen MR) is 111 cm³/mol. The van der Waals surface area contributed by atoms with Crippen molar-refractivity contribution in [3.63, 3.8) is 0 Å². The number of fused-ring (bicyclic) bond motifs is 1. The highest BCUT2D eigenvalue weighted by Gasteiger charge is 2.03. The molecule has 0 aliphatic carbocycles. The van der Waals surface area contributed by atoms with Crippen molar-refractivity contribution in [1.82, 2.24) is 20.2 Å². The van der Waals surface area contributed by atoms with Gasteiger partial charge in [0.15, 0.2) is 5.96 Å². The molecule has 138 valence electrons. The number of aromatic nitrogens is 2. The lowest BCUT2D eigenvalue weighted by molar-refractivity contribution is 0.640. The van der Waals surface area contributed by atoms with E-state index < -0.39 is 0 Å². The summed E-state index contributed by atoms with van der Waals surface area (Å²) in [6, 6.07) is 10.7. The molecule has 0 saturated carbocycles. The van der Waals surface area contributed by atoms with Crippen molar-refractivity contribution in [3.8, 4) is 0 Å². The van der Waals surface area contributed by atoms with Gasteiger partial charge >= 0.3 is 0 Å². The zero-order chi connectivity index (χ0) is 18.2. The summed E-state index contributed by atoms with van der Waals surface area (Å²) >= 11 is 1.74. The monoisotopic (exact) mass is 369 g/mol. The predicted octanol–water partition coefficient (Wildman–Crippen LogP) is 3.46. The van der Waals surface area contributed by atoms with Crippen LogP contribution < -0.4 is 10.6 Å². The van der Waals surface area contributed by atoms with Gasteiger partial charge in [-0.1, -0.05) is 25.1 Å². The molecule has 3 aromatic rings. The molecule has 1 aromatic carbocycles. The van der Waals surface area contributed by atoms with Crippen LogP contribution in [0.2, 0.25) is 0 Å². The maximum atomic E-state index is 4.60. The Labute approximate surface area is 159 Å². The highest BCUT2D eigenvalue weighted by atomic mass is 32.1. The fourth-order valence-electron chi connectivity index (χ4n) is 2.95. The average Bonchev–Trinajstić information content (AvgIpc) is 3.30. The second-order valence-electron chi connectivity index (χ2n) is 6.18.